The Morgan fingerprint density at radius 2 is 2.24 bits per heavy atom. The molecule has 7 nitrogen and oxygen atoms in total. The molecule has 0 spiro atoms. The Bertz CT molecular complexity index is 656. The fourth-order valence-electron chi connectivity index (χ4n) is 2.14. The molecule has 1 atom stereocenters. The van der Waals surface area contributed by atoms with Gasteiger partial charge in [0.15, 0.2) is 0 Å². The standard InChI is InChI=1S/C12H15ClN2O5S/c1-8-5-10(13)12(15(16)17)6-11(8)14-21(18,19)7-9-3-2-4-20-9/h5-6,9,14H,2-4,7H2,1H3. The van der Waals surface area contributed by atoms with Crippen LogP contribution in [0.3, 0.4) is 0 Å². The van der Waals surface area contributed by atoms with Crippen LogP contribution in [0.5, 0.6) is 0 Å². The highest BCUT2D eigenvalue weighted by molar-refractivity contribution is 7.92. The lowest BCUT2D eigenvalue weighted by Crippen LogP contribution is -2.26. The number of hydrogen-bond acceptors (Lipinski definition) is 5. The normalized spacial score (nSPS) is 18.7. The zero-order valence-corrected chi connectivity index (χ0v) is 12.9. The average molecular weight is 335 g/mol. The molecule has 1 aromatic rings. The summed E-state index contributed by atoms with van der Waals surface area (Å²) in [6, 6.07) is 2.49. The van der Waals surface area contributed by atoms with E-state index in [0.717, 1.165) is 12.5 Å². The number of nitro benzene ring substituents is 1. The van der Waals surface area contributed by atoms with Crippen molar-refractivity contribution in [2.75, 3.05) is 17.1 Å². The second-order valence-corrected chi connectivity index (χ2v) is 7.07. The molecule has 116 valence electrons. The molecule has 1 heterocycles. The van der Waals surface area contributed by atoms with Crippen molar-refractivity contribution in [2.45, 2.75) is 25.9 Å². The molecule has 0 saturated carbocycles. The first-order valence-corrected chi connectivity index (χ1v) is 8.38. The summed E-state index contributed by atoms with van der Waals surface area (Å²) in [5.41, 5.74) is 0.336. The van der Waals surface area contributed by atoms with Crippen molar-refractivity contribution in [3.63, 3.8) is 0 Å². The minimum absolute atomic E-state index is 0.0282. The van der Waals surface area contributed by atoms with Gasteiger partial charge in [0.05, 0.1) is 22.5 Å². The van der Waals surface area contributed by atoms with E-state index in [1.165, 1.54) is 6.07 Å². The van der Waals surface area contributed by atoms with E-state index in [2.05, 4.69) is 4.72 Å². The van der Waals surface area contributed by atoms with Crippen LogP contribution < -0.4 is 4.72 Å². The molecule has 0 amide bonds. The Morgan fingerprint density at radius 3 is 2.81 bits per heavy atom. The van der Waals surface area contributed by atoms with Gasteiger partial charge in [0.2, 0.25) is 10.0 Å². The molecule has 1 fully saturated rings. The molecule has 0 aromatic heterocycles. The van der Waals surface area contributed by atoms with Gasteiger partial charge in [0.25, 0.3) is 5.69 Å². The number of aryl methyl sites for hydroxylation is 1. The maximum absolute atomic E-state index is 12.1. The smallest absolute Gasteiger partial charge is 0.289 e. The predicted octanol–water partition coefficient (Wildman–Crippen LogP) is 2.48. The minimum Gasteiger partial charge on any atom is -0.377 e. The maximum atomic E-state index is 12.1. The van der Waals surface area contributed by atoms with Crippen molar-refractivity contribution in [2.24, 2.45) is 0 Å². The van der Waals surface area contributed by atoms with Crippen molar-refractivity contribution in [1.29, 1.82) is 0 Å². The summed E-state index contributed by atoms with van der Waals surface area (Å²) in [6.45, 7) is 2.19. The van der Waals surface area contributed by atoms with Crippen LogP contribution in [-0.4, -0.2) is 31.8 Å². The van der Waals surface area contributed by atoms with E-state index in [-0.39, 0.29) is 28.3 Å². The van der Waals surface area contributed by atoms with Crippen LogP contribution in [0.4, 0.5) is 11.4 Å². The largest absolute Gasteiger partial charge is 0.377 e. The molecule has 21 heavy (non-hydrogen) atoms. The summed E-state index contributed by atoms with van der Waals surface area (Å²) in [5.74, 6) is -0.164. The summed E-state index contributed by atoms with van der Waals surface area (Å²) in [6.07, 6.45) is 1.21. The van der Waals surface area contributed by atoms with Crippen LogP contribution in [0.1, 0.15) is 18.4 Å². The van der Waals surface area contributed by atoms with Gasteiger partial charge in [-0.1, -0.05) is 11.6 Å². The van der Waals surface area contributed by atoms with Crippen molar-refractivity contribution in [1.82, 2.24) is 0 Å². The Balaban J connectivity index is 2.21. The maximum Gasteiger partial charge on any atom is 0.289 e. The van der Waals surface area contributed by atoms with E-state index in [9.17, 15) is 18.5 Å². The molecule has 0 radical (unpaired) electrons. The topological polar surface area (TPSA) is 98.5 Å². The van der Waals surface area contributed by atoms with E-state index >= 15 is 0 Å². The third-order valence-electron chi connectivity index (χ3n) is 3.19. The molecule has 1 aliphatic heterocycles. The zero-order chi connectivity index (χ0) is 15.6. The number of hydrogen-bond donors (Lipinski definition) is 1. The lowest BCUT2D eigenvalue weighted by molar-refractivity contribution is -0.384. The number of ether oxygens (including phenoxy) is 1. The molecule has 1 saturated heterocycles. The van der Waals surface area contributed by atoms with Crippen molar-refractivity contribution >= 4 is 33.0 Å². The Hall–Kier alpha value is -1.38. The Labute approximate surface area is 127 Å². The fourth-order valence-corrected chi connectivity index (χ4v) is 3.82. The van der Waals surface area contributed by atoms with Gasteiger partial charge in [0, 0.05) is 12.7 Å². The third kappa shape index (κ3) is 4.05. The van der Waals surface area contributed by atoms with E-state index in [0.29, 0.717) is 18.6 Å². The van der Waals surface area contributed by atoms with Crippen molar-refractivity contribution in [3.05, 3.63) is 32.8 Å². The van der Waals surface area contributed by atoms with E-state index in [1.807, 2.05) is 0 Å². The first kappa shape index (κ1) is 16.0. The molecule has 0 aliphatic carbocycles. The van der Waals surface area contributed by atoms with Gasteiger partial charge in [-0.3, -0.25) is 14.8 Å². The molecule has 1 aromatic carbocycles. The number of nitrogens with one attached hydrogen (secondary N) is 1. The molecular weight excluding hydrogens is 320 g/mol. The molecule has 1 aliphatic rings. The van der Waals surface area contributed by atoms with Gasteiger partial charge in [-0.05, 0) is 31.4 Å². The number of benzene rings is 1. The number of sulfonamides is 1. The predicted molar refractivity (Wildman–Crippen MR) is 79.2 cm³/mol. The quantitative estimate of drug-likeness (QED) is 0.658. The lowest BCUT2D eigenvalue weighted by Gasteiger charge is -2.13. The highest BCUT2D eigenvalue weighted by Gasteiger charge is 2.25. The fraction of sp³-hybridized carbons (Fsp3) is 0.500. The third-order valence-corrected chi connectivity index (χ3v) is 4.83. The van der Waals surface area contributed by atoms with Gasteiger partial charge in [-0.25, -0.2) is 8.42 Å². The zero-order valence-electron chi connectivity index (χ0n) is 11.3. The van der Waals surface area contributed by atoms with E-state index < -0.39 is 14.9 Å². The van der Waals surface area contributed by atoms with Gasteiger partial charge in [0.1, 0.15) is 5.02 Å². The van der Waals surface area contributed by atoms with Gasteiger partial charge in [-0.2, -0.15) is 0 Å². The molecule has 1 unspecified atom stereocenters. The van der Waals surface area contributed by atoms with Crippen molar-refractivity contribution in [3.8, 4) is 0 Å². The number of nitro groups is 1. The summed E-state index contributed by atoms with van der Waals surface area (Å²) in [4.78, 5) is 10.2. The van der Waals surface area contributed by atoms with E-state index in [4.69, 9.17) is 16.3 Å². The van der Waals surface area contributed by atoms with Crippen LogP contribution in [0.15, 0.2) is 12.1 Å². The summed E-state index contributed by atoms with van der Waals surface area (Å²) >= 11 is 5.77. The number of anilines is 1. The molecule has 0 bridgehead atoms. The lowest BCUT2D eigenvalue weighted by atomic mass is 10.2. The Morgan fingerprint density at radius 1 is 1.52 bits per heavy atom. The second kappa shape index (κ2) is 6.17. The number of rotatable bonds is 5. The number of nitrogens with zero attached hydrogens (tertiary/aromatic N) is 1. The monoisotopic (exact) mass is 334 g/mol. The van der Waals surface area contributed by atoms with Gasteiger partial charge >= 0.3 is 0 Å². The Kier molecular flexibility index (Phi) is 4.70. The molecule has 9 heteroatoms. The van der Waals surface area contributed by atoms with Crippen LogP contribution >= 0.6 is 11.6 Å². The van der Waals surface area contributed by atoms with Crippen LogP contribution in [0.25, 0.3) is 0 Å². The number of halogens is 1. The molecule has 2 rings (SSSR count). The molecular formula is C12H15ClN2O5S. The SMILES string of the molecule is Cc1cc(Cl)c([N+](=O)[O-])cc1NS(=O)(=O)CC1CCCO1. The van der Waals surface area contributed by atoms with Crippen LogP contribution in [0.2, 0.25) is 5.02 Å². The van der Waals surface area contributed by atoms with Gasteiger partial charge in [-0.15, -0.1) is 0 Å². The van der Waals surface area contributed by atoms with Gasteiger partial charge < -0.3 is 4.74 Å². The first-order valence-electron chi connectivity index (χ1n) is 6.35. The average Bonchev–Trinajstić information content (AvgIpc) is 2.84. The van der Waals surface area contributed by atoms with Crippen molar-refractivity contribution < 1.29 is 18.1 Å². The second-order valence-electron chi connectivity index (χ2n) is 4.89. The summed E-state index contributed by atoms with van der Waals surface area (Å²) < 4.78 is 31.8. The molecule has 1 N–H and O–H groups in total. The van der Waals surface area contributed by atoms with Crippen LogP contribution in [-0.2, 0) is 14.8 Å². The highest BCUT2D eigenvalue weighted by atomic mass is 35.5. The highest BCUT2D eigenvalue weighted by Crippen LogP contribution is 2.31. The first-order chi connectivity index (χ1) is 9.78. The van der Waals surface area contributed by atoms with E-state index in [1.54, 1.807) is 6.92 Å². The minimum atomic E-state index is -3.64. The summed E-state index contributed by atoms with van der Waals surface area (Å²) in [5, 5.41) is 10.8. The summed E-state index contributed by atoms with van der Waals surface area (Å²) in [7, 11) is -3.64. The van der Waals surface area contributed by atoms with Crippen LogP contribution in [0, 0.1) is 17.0 Å².